The van der Waals surface area contributed by atoms with Gasteiger partial charge in [0.1, 0.15) is 6.61 Å². The smallest absolute Gasteiger partial charge is 0.336 e. The van der Waals surface area contributed by atoms with Gasteiger partial charge in [-0.05, 0) is 30.4 Å². The quantitative estimate of drug-likeness (QED) is 0.285. The molecule has 2 atom stereocenters. The van der Waals surface area contributed by atoms with Crippen molar-refractivity contribution in [1.29, 1.82) is 0 Å². The fraction of sp³-hybridized carbons (Fsp3) is 0.308. The van der Waals surface area contributed by atoms with Crippen molar-refractivity contribution >= 4 is 17.4 Å². The standard InChI is InChI=1S/C26H26N2O6/c1-16-23(26(30)34-12-11-33-2)24(18-9-6-10-20(13-18)28(31)32)25-21(27-16)14-19(15-22(25)29)17-7-4-3-5-8-17/h3-10,13,19,24,27H,11-12,14-15H2,1-2H3/t19-,24-/m1/s1. The van der Waals surface area contributed by atoms with Crippen LogP contribution in [0.5, 0.6) is 0 Å². The van der Waals surface area contributed by atoms with Crippen molar-refractivity contribution < 1.29 is 24.0 Å². The van der Waals surface area contributed by atoms with E-state index >= 15 is 0 Å². The zero-order chi connectivity index (χ0) is 24.2. The molecule has 1 aliphatic carbocycles. The molecule has 0 radical (unpaired) electrons. The van der Waals surface area contributed by atoms with Crippen molar-refractivity contribution in [1.82, 2.24) is 5.32 Å². The lowest BCUT2D eigenvalue weighted by Crippen LogP contribution is -2.36. The van der Waals surface area contributed by atoms with Crippen LogP contribution >= 0.6 is 0 Å². The number of non-ortho nitro benzene ring substituents is 1. The molecule has 0 aromatic heterocycles. The number of benzene rings is 2. The first kappa shape index (κ1) is 23.4. The summed E-state index contributed by atoms with van der Waals surface area (Å²) < 4.78 is 10.4. The fourth-order valence-electron chi connectivity index (χ4n) is 4.72. The summed E-state index contributed by atoms with van der Waals surface area (Å²) in [5.74, 6) is -1.42. The highest BCUT2D eigenvalue weighted by Crippen LogP contribution is 2.46. The van der Waals surface area contributed by atoms with E-state index in [1.807, 2.05) is 30.3 Å². The van der Waals surface area contributed by atoms with Crippen molar-refractivity contribution in [3.8, 4) is 0 Å². The lowest BCUT2D eigenvalue weighted by Gasteiger charge is -2.36. The first-order valence-electron chi connectivity index (χ1n) is 11.1. The lowest BCUT2D eigenvalue weighted by molar-refractivity contribution is -0.384. The Balaban J connectivity index is 1.78. The molecule has 0 saturated carbocycles. The van der Waals surface area contributed by atoms with Crippen LogP contribution in [0.2, 0.25) is 0 Å². The highest BCUT2D eigenvalue weighted by atomic mass is 16.6. The number of esters is 1. The Morgan fingerprint density at radius 1 is 1.09 bits per heavy atom. The van der Waals surface area contributed by atoms with Crippen LogP contribution in [-0.4, -0.2) is 37.0 Å². The number of rotatable bonds is 7. The predicted octanol–water partition coefficient (Wildman–Crippen LogP) is 4.15. The fourth-order valence-corrected chi connectivity index (χ4v) is 4.72. The van der Waals surface area contributed by atoms with E-state index in [1.54, 1.807) is 19.1 Å². The molecule has 8 nitrogen and oxygen atoms in total. The highest BCUT2D eigenvalue weighted by molar-refractivity contribution is 6.04. The molecular formula is C26H26N2O6. The molecule has 1 heterocycles. The molecule has 2 aromatic carbocycles. The first-order valence-corrected chi connectivity index (χ1v) is 11.1. The Kier molecular flexibility index (Phi) is 6.88. The van der Waals surface area contributed by atoms with E-state index in [9.17, 15) is 19.7 Å². The Hall–Kier alpha value is -3.78. The van der Waals surface area contributed by atoms with E-state index in [0.29, 0.717) is 29.7 Å². The number of carbonyl (C=O) groups is 2. The summed E-state index contributed by atoms with van der Waals surface area (Å²) in [6.45, 7) is 2.06. The average molecular weight is 463 g/mol. The maximum Gasteiger partial charge on any atom is 0.336 e. The number of methoxy groups -OCH3 is 1. The molecule has 1 N–H and O–H groups in total. The molecule has 8 heteroatoms. The van der Waals surface area contributed by atoms with Crippen molar-refractivity contribution in [3.63, 3.8) is 0 Å². The van der Waals surface area contributed by atoms with E-state index in [0.717, 1.165) is 11.3 Å². The van der Waals surface area contributed by atoms with Gasteiger partial charge in [0, 0.05) is 48.5 Å². The van der Waals surface area contributed by atoms with Gasteiger partial charge in [-0.25, -0.2) is 4.79 Å². The summed E-state index contributed by atoms with van der Waals surface area (Å²) in [5.41, 5.74) is 3.54. The molecule has 0 saturated heterocycles. The van der Waals surface area contributed by atoms with Crippen LogP contribution in [-0.2, 0) is 19.1 Å². The van der Waals surface area contributed by atoms with Gasteiger partial charge in [-0.1, -0.05) is 42.5 Å². The number of ketones is 1. The van der Waals surface area contributed by atoms with E-state index in [2.05, 4.69) is 5.32 Å². The highest BCUT2D eigenvalue weighted by Gasteiger charge is 2.41. The third kappa shape index (κ3) is 4.63. The number of hydrogen-bond acceptors (Lipinski definition) is 7. The number of nitrogens with one attached hydrogen (secondary N) is 1. The first-order chi connectivity index (χ1) is 16.4. The number of ether oxygens (including phenoxy) is 2. The summed E-state index contributed by atoms with van der Waals surface area (Å²) in [4.78, 5) is 37.6. The number of carbonyl (C=O) groups excluding carboxylic acids is 2. The molecule has 34 heavy (non-hydrogen) atoms. The Morgan fingerprint density at radius 2 is 1.82 bits per heavy atom. The molecular weight excluding hydrogens is 436 g/mol. The van der Waals surface area contributed by atoms with Crippen molar-refractivity contribution in [2.45, 2.75) is 31.6 Å². The number of hydrogen-bond donors (Lipinski definition) is 1. The van der Waals surface area contributed by atoms with Gasteiger partial charge in [0.15, 0.2) is 5.78 Å². The third-order valence-corrected chi connectivity index (χ3v) is 6.25. The third-order valence-electron chi connectivity index (χ3n) is 6.25. The maximum atomic E-state index is 13.5. The second-order valence-corrected chi connectivity index (χ2v) is 8.41. The molecule has 0 spiro atoms. The Labute approximate surface area is 197 Å². The van der Waals surface area contributed by atoms with Crippen LogP contribution in [0.1, 0.15) is 42.7 Å². The number of nitrogens with zero attached hydrogens (tertiary/aromatic N) is 1. The summed E-state index contributed by atoms with van der Waals surface area (Å²) >= 11 is 0. The molecule has 1 aliphatic heterocycles. The predicted molar refractivity (Wildman–Crippen MR) is 125 cm³/mol. The largest absolute Gasteiger partial charge is 0.460 e. The maximum absolute atomic E-state index is 13.5. The van der Waals surface area contributed by atoms with Crippen molar-refractivity contribution in [2.24, 2.45) is 0 Å². The van der Waals surface area contributed by atoms with Gasteiger partial charge in [-0.2, -0.15) is 0 Å². The molecule has 0 amide bonds. The van der Waals surface area contributed by atoms with Gasteiger partial charge in [-0.3, -0.25) is 14.9 Å². The number of nitro benzene ring substituents is 1. The van der Waals surface area contributed by atoms with E-state index in [-0.39, 0.29) is 36.2 Å². The van der Waals surface area contributed by atoms with Gasteiger partial charge in [0.25, 0.3) is 5.69 Å². The van der Waals surface area contributed by atoms with Crippen LogP contribution in [0, 0.1) is 10.1 Å². The number of dihydropyridines is 1. The lowest BCUT2D eigenvalue weighted by atomic mass is 9.71. The Bertz CT molecular complexity index is 1180. The van der Waals surface area contributed by atoms with E-state index < -0.39 is 16.8 Å². The van der Waals surface area contributed by atoms with Gasteiger partial charge in [-0.15, -0.1) is 0 Å². The topological polar surface area (TPSA) is 108 Å². The van der Waals surface area contributed by atoms with Crippen LogP contribution in [0.4, 0.5) is 5.69 Å². The summed E-state index contributed by atoms with van der Waals surface area (Å²) in [6.07, 6.45) is 0.890. The molecule has 176 valence electrons. The SMILES string of the molecule is COCCOC(=O)C1=C(C)NC2=C(C(=O)C[C@H](c3ccccc3)C2)[C@@H]1c1cccc([N+](=O)[O-])c1. The molecule has 2 aliphatic rings. The minimum atomic E-state index is -0.754. The number of nitro groups is 1. The monoisotopic (exact) mass is 462 g/mol. The zero-order valence-corrected chi connectivity index (χ0v) is 19.1. The van der Waals surface area contributed by atoms with Crippen molar-refractivity contribution in [3.05, 3.63) is 98.4 Å². The molecule has 0 bridgehead atoms. The average Bonchev–Trinajstić information content (AvgIpc) is 2.83. The second-order valence-electron chi connectivity index (χ2n) is 8.41. The van der Waals surface area contributed by atoms with Crippen LogP contribution in [0.25, 0.3) is 0 Å². The zero-order valence-electron chi connectivity index (χ0n) is 19.1. The van der Waals surface area contributed by atoms with E-state index in [4.69, 9.17) is 9.47 Å². The second kappa shape index (κ2) is 10.0. The Morgan fingerprint density at radius 3 is 2.53 bits per heavy atom. The van der Waals surface area contributed by atoms with Gasteiger partial charge in [0.2, 0.25) is 0 Å². The van der Waals surface area contributed by atoms with Gasteiger partial charge in [0.05, 0.1) is 17.1 Å². The molecule has 0 unspecified atom stereocenters. The van der Waals surface area contributed by atoms with Crippen LogP contribution in [0.15, 0.2) is 77.1 Å². The van der Waals surface area contributed by atoms with Crippen molar-refractivity contribution in [2.75, 3.05) is 20.3 Å². The molecule has 4 rings (SSSR count). The van der Waals surface area contributed by atoms with Crippen LogP contribution in [0.3, 0.4) is 0 Å². The number of Topliss-reactive ketones (excluding diaryl/α,β-unsaturated/α-hetero) is 1. The number of allylic oxidation sites excluding steroid dienone is 3. The minimum absolute atomic E-state index is 0.00807. The summed E-state index contributed by atoms with van der Waals surface area (Å²) in [6, 6.07) is 15.9. The summed E-state index contributed by atoms with van der Waals surface area (Å²) in [7, 11) is 1.51. The van der Waals surface area contributed by atoms with E-state index in [1.165, 1.54) is 19.2 Å². The normalized spacial score (nSPS) is 20.0. The minimum Gasteiger partial charge on any atom is -0.460 e. The van der Waals surface area contributed by atoms with Gasteiger partial charge < -0.3 is 14.8 Å². The summed E-state index contributed by atoms with van der Waals surface area (Å²) in [5, 5.41) is 14.7. The molecule has 0 fully saturated rings. The van der Waals surface area contributed by atoms with Gasteiger partial charge >= 0.3 is 5.97 Å². The molecule has 2 aromatic rings. The van der Waals surface area contributed by atoms with Crippen LogP contribution < -0.4 is 5.32 Å².